The van der Waals surface area contributed by atoms with Gasteiger partial charge in [0.1, 0.15) is 5.01 Å². The maximum Gasteiger partial charge on any atom is 0.416 e. The summed E-state index contributed by atoms with van der Waals surface area (Å²) in [5.41, 5.74) is 0.639. The van der Waals surface area contributed by atoms with Gasteiger partial charge < -0.3 is 4.74 Å². The van der Waals surface area contributed by atoms with E-state index in [0.717, 1.165) is 11.3 Å². The molecule has 0 spiro atoms. The third-order valence-corrected chi connectivity index (χ3v) is 7.27. The van der Waals surface area contributed by atoms with Gasteiger partial charge in [0.2, 0.25) is 0 Å². The number of ether oxygens (including phenoxy) is 1. The number of nitrogens with zero attached hydrogens (tertiary/aromatic N) is 3. The number of benzene rings is 1. The Bertz CT molecular complexity index is 1020. The zero-order valence-electron chi connectivity index (χ0n) is 17.1. The smallest absolute Gasteiger partial charge is 0.416 e. The lowest BCUT2D eigenvalue weighted by Crippen LogP contribution is -2.38. The van der Waals surface area contributed by atoms with Crippen molar-refractivity contribution in [2.45, 2.75) is 39.3 Å². The Morgan fingerprint density at radius 2 is 1.97 bits per heavy atom. The van der Waals surface area contributed by atoms with Gasteiger partial charge in [-0.2, -0.15) is 18.3 Å². The molecule has 0 amide bonds. The molecule has 0 unspecified atom stereocenters. The summed E-state index contributed by atoms with van der Waals surface area (Å²) >= 11 is 1.34. The first-order valence-electron chi connectivity index (χ1n) is 9.34. The number of carbonyl (C=O) groups excluding carboxylic acids is 1. The molecule has 5 nitrogen and oxygen atoms in total. The Kier molecular flexibility index (Phi) is 6.18. The highest BCUT2D eigenvalue weighted by molar-refractivity contribution is 7.09. The minimum absolute atomic E-state index is 0.274. The SMILES string of the molecule is CCOC(=O)c1cnn(Cc2nc(-c3cc(C(F)(F)F)cc([Si](C)(C)C)c3)cs2)c1. The van der Waals surface area contributed by atoms with Gasteiger partial charge in [0.05, 0.1) is 44.2 Å². The predicted molar refractivity (Wildman–Crippen MR) is 113 cm³/mol. The number of thiazole rings is 1. The maximum absolute atomic E-state index is 13.4. The molecule has 10 heteroatoms. The molecule has 0 bridgehead atoms. The monoisotopic (exact) mass is 453 g/mol. The third-order valence-electron chi connectivity index (χ3n) is 4.42. The van der Waals surface area contributed by atoms with Crippen LogP contribution in [-0.4, -0.2) is 35.4 Å². The molecular formula is C20H22F3N3O2SSi. The van der Waals surface area contributed by atoms with Crippen LogP contribution in [0.15, 0.2) is 36.0 Å². The molecule has 30 heavy (non-hydrogen) atoms. The largest absolute Gasteiger partial charge is 0.462 e. The molecule has 0 N–H and O–H groups in total. The van der Waals surface area contributed by atoms with Crippen LogP contribution in [0.5, 0.6) is 0 Å². The normalized spacial score (nSPS) is 12.2. The van der Waals surface area contributed by atoms with E-state index < -0.39 is 25.8 Å². The van der Waals surface area contributed by atoms with Gasteiger partial charge in [0.25, 0.3) is 0 Å². The van der Waals surface area contributed by atoms with E-state index in [0.29, 0.717) is 28.4 Å². The molecule has 0 saturated heterocycles. The fraction of sp³-hybridized carbons (Fsp3) is 0.350. The van der Waals surface area contributed by atoms with E-state index in [2.05, 4.69) is 10.1 Å². The number of carbonyl (C=O) groups is 1. The number of aromatic nitrogens is 3. The number of rotatable bonds is 6. The standard InChI is InChI=1S/C20H22F3N3O2SSi/c1-5-28-19(27)14-9-24-26(10-14)11-18-25-17(12-29-18)13-6-15(20(21,22)23)8-16(7-13)30(2,3)4/h6-10,12H,5,11H2,1-4H3. The van der Waals surface area contributed by atoms with Crippen molar-refractivity contribution in [1.29, 1.82) is 0 Å². The second-order valence-corrected chi connectivity index (χ2v) is 13.8. The van der Waals surface area contributed by atoms with E-state index in [4.69, 9.17) is 4.74 Å². The second kappa shape index (κ2) is 8.35. The molecule has 1 aromatic carbocycles. The Labute approximate surface area is 177 Å². The summed E-state index contributed by atoms with van der Waals surface area (Å²) in [5, 5.41) is 7.28. The van der Waals surface area contributed by atoms with Crippen molar-refractivity contribution in [3.8, 4) is 11.3 Å². The van der Waals surface area contributed by atoms with Crippen molar-refractivity contribution in [1.82, 2.24) is 14.8 Å². The van der Waals surface area contributed by atoms with Gasteiger partial charge >= 0.3 is 12.1 Å². The summed E-state index contributed by atoms with van der Waals surface area (Å²) in [4.78, 5) is 16.3. The van der Waals surface area contributed by atoms with Crippen molar-refractivity contribution in [3.05, 3.63) is 52.1 Å². The van der Waals surface area contributed by atoms with Crippen molar-refractivity contribution >= 4 is 30.6 Å². The van der Waals surface area contributed by atoms with Crippen LogP contribution in [0.3, 0.4) is 0 Å². The summed E-state index contributed by atoms with van der Waals surface area (Å²) in [6.07, 6.45) is -1.44. The van der Waals surface area contributed by atoms with Crippen LogP contribution in [0.4, 0.5) is 13.2 Å². The van der Waals surface area contributed by atoms with Gasteiger partial charge in [-0.3, -0.25) is 4.68 Å². The first-order valence-corrected chi connectivity index (χ1v) is 13.7. The van der Waals surface area contributed by atoms with Crippen molar-refractivity contribution in [2.24, 2.45) is 0 Å². The number of alkyl halides is 3. The number of halogens is 3. The Balaban J connectivity index is 1.88. The highest BCUT2D eigenvalue weighted by Gasteiger charge is 2.33. The van der Waals surface area contributed by atoms with Gasteiger partial charge in [-0.05, 0) is 13.0 Å². The minimum atomic E-state index is -4.41. The molecule has 0 fully saturated rings. The van der Waals surface area contributed by atoms with Gasteiger partial charge in [-0.15, -0.1) is 11.3 Å². The summed E-state index contributed by atoms with van der Waals surface area (Å²) in [6.45, 7) is 8.34. The average Bonchev–Trinajstić information content (AvgIpc) is 3.30. The lowest BCUT2D eigenvalue weighted by Gasteiger charge is -2.20. The first-order chi connectivity index (χ1) is 14.0. The second-order valence-electron chi connectivity index (χ2n) is 7.82. The van der Waals surface area contributed by atoms with Crippen LogP contribution in [0, 0.1) is 0 Å². The minimum Gasteiger partial charge on any atom is -0.462 e. The molecular weight excluding hydrogens is 431 g/mol. The lowest BCUT2D eigenvalue weighted by atomic mass is 10.1. The van der Waals surface area contributed by atoms with Gasteiger partial charge in [0, 0.05) is 17.1 Å². The van der Waals surface area contributed by atoms with Crippen LogP contribution in [0.2, 0.25) is 19.6 Å². The van der Waals surface area contributed by atoms with E-state index in [1.165, 1.54) is 23.6 Å². The first kappa shape index (κ1) is 22.2. The van der Waals surface area contributed by atoms with E-state index in [1.807, 2.05) is 25.7 Å². The molecule has 2 aromatic heterocycles. The molecule has 0 saturated carbocycles. The number of hydrogen-bond acceptors (Lipinski definition) is 5. The maximum atomic E-state index is 13.4. The summed E-state index contributed by atoms with van der Waals surface area (Å²) in [5.74, 6) is -0.452. The van der Waals surface area contributed by atoms with Crippen molar-refractivity contribution in [2.75, 3.05) is 6.61 Å². The zero-order chi connectivity index (χ0) is 22.1. The topological polar surface area (TPSA) is 57.0 Å². The van der Waals surface area contributed by atoms with Crippen LogP contribution in [0.1, 0.15) is 27.9 Å². The fourth-order valence-electron chi connectivity index (χ4n) is 2.80. The van der Waals surface area contributed by atoms with E-state index in [9.17, 15) is 18.0 Å². The summed E-state index contributed by atoms with van der Waals surface area (Å²) in [6, 6.07) is 4.21. The highest BCUT2D eigenvalue weighted by Crippen LogP contribution is 2.32. The summed E-state index contributed by atoms with van der Waals surface area (Å²) in [7, 11) is -1.96. The molecule has 0 aliphatic heterocycles. The van der Waals surface area contributed by atoms with Gasteiger partial charge in [-0.25, -0.2) is 9.78 Å². The zero-order valence-corrected chi connectivity index (χ0v) is 18.9. The molecule has 0 radical (unpaired) electrons. The Morgan fingerprint density at radius 1 is 1.23 bits per heavy atom. The number of hydrogen-bond donors (Lipinski definition) is 0. The molecule has 3 rings (SSSR count). The molecule has 0 aliphatic rings. The highest BCUT2D eigenvalue weighted by atomic mass is 32.1. The van der Waals surface area contributed by atoms with E-state index in [1.54, 1.807) is 23.2 Å². The third kappa shape index (κ3) is 5.17. The average molecular weight is 454 g/mol. The molecule has 2 heterocycles. The van der Waals surface area contributed by atoms with Crippen molar-refractivity contribution in [3.63, 3.8) is 0 Å². The van der Waals surface area contributed by atoms with Crippen molar-refractivity contribution < 1.29 is 22.7 Å². The summed E-state index contributed by atoms with van der Waals surface area (Å²) < 4.78 is 46.7. The van der Waals surface area contributed by atoms with E-state index >= 15 is 0 Å². The fourth-order valence-corrected chi connectivity index (χ4v) is 4.77. The molecule has 0 atom stereocenters. The quantitative estimate of drug-likeness (QED) is 0.398. The van der Waals surface area contributed by atoms with Gasteiger partial charge in [0.15, 0.2) is 0 Å². The van der Waals surface area contributed by atoms with Crippen LogP contribution in [0.25, 0.3) is 11.3 Å². The van der Waals surface area contributed by atoms with Crippen LogP contribution in [-0.2, 0) is 17.5 Å². The predicted octanol–water partition coefficient (Wildman–Crippen LogP) is 4.80. The molecule has 0 aliphatic carbocycles. The van der Waals surface area contributed by atoms with Gasteiger partial charge in [-0.1, -0.05) is 37.0 Å². The Hall–Kier alpha value is -2.46. The number of esters is 1. The molecule has 3 aromatic rings. The molecule has 160 valence electrons. The van der Waals surface area contributed by atoms with Crippen LogP contribution >= 0.6 is 11.3 Å². The van der Waals surface area contributed by atoms with E-state index in [-0.39, 0.29) is 6.61 Å². The van der Waals surface area contributed by atoms with Crippen LogP contribution < -0.4 is 5.19 Å². The lowest BCUT2D eigenvalue weighted by molar-refractivity contribution is -0.137. The Morgan fingerprint density at radius 3 is 2.60 bits per heavy atom.